The molecule has 0 aliphatic carbocycles. The van der Waals surface area contributed by atoms with Gasteiger partial charge in [0.15, 0.2) is 0 Å². The minimum Gasteiger partial charge on any atom is -0.375 e. The maximum Gasteiger partial charge on any atom is 0.274 e. The number of rotatable bonds is 4. The molecule has 8 nitrogen and oxygen atoms in total. The van der Waals surface area contributed by atoms with Crippen molar-refractivity contribution in [1.29, 1.82) is 0 Å². The summed E-state index contributed by atoms with van der Waals surface area (Å²) in [6.07, 6.45) is 7.97. The molecule has 0 atom stereocenters. The zero-order chi connectivity index (χ0) is 18.0. The van der Waals surface area contributed by atoms with E-state index in [1.165, 1.54) is 10.6 Å². The monoisotopic (exact) mass is 370 g/mol. The molecule has 2 aliphatic rings. The minimum atomic E-state index is -3.10. The number of likely N-dealkylation sites (tertiary alicyclic amines) is 1. The van der Waals surface area contributed by atoms with Crippen LogP contribution in [0, 0.1) is 0 Å². The minimum absolute atomic E-state index is 0.0273. The van der Waals surface area contributed by atoms with Crippen LogP contribution in [0.15, 0.2) is 12.5 Å². The molecular weight excluding hydrogens is 344 g/mol. The molecule has 140 valence electrons. The van der Waals surface area contributed by atoms with E-state index in [0.717, 1.165) is 25.7 Å². The van der Waals surface area contributed by atoms with Gasteiger partial charge in [0.1, 0.15) is 5.69 Å². The van der Waals surface area contributed by atoms with Crippen molar-refractivity contribution in [3.63, 3.8) is 0 Å². The smallest absolute Gasteiger partial charge is 0.274 e. The van der Waals surface area contributed by atoms with E-state index in [1.54, 1.807) is 17.1 Å². The Morgan fingerprint density at radius 3 is 2.16 bits per heavy atom. The van der Waals surface area contributed by atoms with Gasteiger partial charge in [-0.1, -0.05) is 0 Å². The van der Waals surface area contributed by atoms with Gasteiger partial charge < -0.3 is 14.2 Å². The van der Waals surface area contributed by atoms with Crippen molar-refractivity contribution in [2.24, 2.45) is 7.05 Å². The Morgan fingerprint density at radius 1 is 1.12 bits per heavy atom. The number of amides is 1. The third-order valence-corrected chi connectivity index (χ3v) is 6.21. The first-order valence-corrected chi connectivity index (χ1v) is 10.6. The maximum absolute atomic E-state index is 12.4. The molecule has 3 rings (SSSR count). The van der Waals surface area contributed by atoms with E-state index in [1.807, 2.05) is 11.9 Å². The number of hydrogen-bond acceptors (Lipinski definition) is 5. The molecule has 0 bridgehead atoms. The Labute approximate surface area is 148 Å². The summed E-state index contributed by atoms with van der Waals surface area (Å²) in [4.78, 5) is 18.3. The molecule has 25 heavy (non-hydrogen) atoms. The van der Waals surface area contributed by atoms with E-state index in [2.05, 4.69) is 4.98 Å². The van der Waals surface area contributed by atoms with Gasteiger partial charge in [0, 0.05) is 39.4 Å². The fraction of sp³-hybridized carbons (Fsp3) is 0.750. The number of aromatic nitrogens is 2. The average Bonchev–Trinajstić information content (AvgIpc) is 3.01. The third-order valence-electron chi connectivity index (χ3n) is 4.91. The average molecular weight is 370 g/mol. The molecule has 9 heteroatoms. The van der Waals surface area contributed by atoms with Crippen molar-refractivity contribution in [3.05, 3.63) is 18.2 Å². The zero-order valence-electron chi connectivity index (χ0n) is 14.8. The Balaban J connectivity index is 1.43. The van der Waals surface area contributed by atoms with Gasteiger partial charge in [-0.2, -0.15) is 0 Å². The number of ether oxygens (including phenoxy) is 1. The second-order valence-corrected chi connectivity index (χ2v) is 8.90. The van der Waals surface area contributed by atoms with Crippen LogP contribution in [-0.2, 0) is 21.8 Å². The molecule has 1 aromatic rings. The second-order valence-electron chi connectivity index (χ2n) is 6.91. The van der Waals surface area contributed by atoms with Crippen molar-refractivity contribution in [2.75, 3.05) is 32.4 Å². The van der Waals surface area contributed by atoms with Crippen LogP contribution in [0.25, 0.3) is 0 Å². The Hall–Kier alpha value is -1.45. The molecular formula is C16H26N4O4S. The molecule has 0 N–H and O–H groups in total. The lowest BCUT2D eigenvalue weighted by Gasteiger charge is -2.36. The summed E-state index contributed by atoms with van der Waals surface area (Å²) in [5.74, 6) is -0.0273. The van der Waals surface area contributed by atoms with E-state index >= 15 is 0 Å². The second kappa shape index (κ2) is 7.43. The van der Waals surface area contributed by atoms with Gasteiger partial charge >= 0.3 is 0 Å². The number of aryl methyl sites for hydroxylation is 1. The van der Waals surface area contributed by atoms with Crippen LogP contribution in [0.1, 0.15) is 36.2 Å². The van der Waals surface area contributed by atoms with Crippen LogP contribution in [-0.4, -0.2) is 77.7 Å². The Bertz CT molecular complexity index is 701. The van der Waals surface area contributed by atoms with Crippen molar-refractivity contribution in [3.8, 4) is 0 Å². The molecule has 0 radical (unpaired) electrons. The van der Waals surface area contributed by atoms with Gasteiger partial charge in [-0.05, 0) is 25.7 Å². The quantitative estimate of drug-likeness (QED) is 0.769. The van der Waals surface area contributed by atoms with E-state index in [4.69, 9.17) is 4.74 Å². The summed E-state index contributed by atoms with van der Waals surface area (Å²) >= 11 is 0. The zero-order valence-corrected chi connectivity index (χ0v) is 15.6. The molecule has 3 heterocycles. The molecule has 1 amide bonds. The highest BCUT2D eigenvalue weighted by Gasteiger charge is 2.30. The summed E-state index contributed by atoms with van der Waals surface area (Å²) in [7, 11) is -1.25. The number of carbonyl (C=O) groups excluding carboxylic acids is 1. The Morgan fingerprint density at radius 2 is 1.68 bits per heavy atom. The lowest BCUT2D eigenvalue weighted by Crippen LogP contribution is -2.44. The van der Waals surface area contributed by atoms with Gasteiger partial charge in [0.05, 0.1) is 24.8 Å². The van der Waals surface area contributed by atoms with E-state index in [9.17, 15) is 13.2 Å². The van der Waals surface area contributed by atoms with Gasteiger partial charge in [-0.15, -0.1) is 0 Å². The predicted molar refractivity (Wildman–Crippen MR) is 92.7 cm³/mol. The number of carbonyl (C=O) groups is 1. The van der Waals surface area contributed by atoms with Crippen LogP contribution in [0.4, 0.5) is 0 Å². The van der Waals surface area contributed by atoms with Crippen LogP contribution < -0.4 is 0 Å². The maximum atomic E-state index is 12.4. The normalized spacial score (nSPS) is 21.6. The SMILES string of the molecule is Cn1cnc(C(=O)N2CCC(OC3CCN(S(C)(=O)=O)CC3)CC2)c1. The highest BCUT2D eigenvalue weighted by molar-refractivity contribution is 7.88. The van der Waals surface area contributed by atoms with Crippen LogP contribution in [0.2, 0.25) is 0 Å². The number of piperidine rings is 2. The van der Waals surface area contributed by atoms with Crippen molar-refractivity contribution in [1.82, 2.24) is 18.8 Å². The Kier molecular flexibility index (Phi) is 5.45. The van der Waals surface area contributed by atoms with Gasteiger partial charge in [0.25, 0.3) is 5.91 Å². The summed E-state index contributed by atoms with van der Waals surface area (Å²) < 4.78 is 32.5. The highest BCUT2D eigenvalue weighted by Crippen LogP contribution is 2.22. The number of sulfonamides is 1. The number of imidazole rings is 1. The molecule has 2 aliphatic heterocycles. The van der Waals surface area contributed by atoms with Gasteiger partial charge in [-0.3, -0.25) is 4.79 Å². The summed E-state index contributed by atoms with van der Waals surface area (Å²) in [5, 5.41) is 0. The third kappa shape index (κ3) is 4.59. The lowest BCUT2D eigenvalue weighted by molar-refractivity contribution is -0.0557. The van der Waals surface area contributed by atoms with Gasteiger partial charge in [0.2, 0.25) is 10.0 Å². The first-order valence-electron chi connectivity index (χ1n) is 8.71. The summed E-state index contributed by atoms with van der Waals surface area (Å²) in [5.41, 5.74) is 0.481. The number of hydrogen-bond donors (Lipinski definition) is 0. The van der Waals surface area contributed by atoms with Crippen LogP contribution in [0.5, 0.6) is 0 Å². The molecule has 1 aromatic heterocycles. The summed E-state index contributed by atoms with van der Waals surface area (Å²) in [6, 6.07) is 0. The molecule has 0 saturated carbocycles. The molecule has 0 spiro atoms. The fourth-order valence-corrected chi connectivity index (χ4v) is 4.33. The standard InChI is InChI=1S/C16H26N4O4S/c1-18-11-15(17-12-18)16(21)19-7-3-13(4-8-19)24-14-5-9-20(10-6-14)25(2,22)23/h11-14H,3-10H2,1-2H3. The van der Waals surface area contributed by atoms with Gasteiger partial charge in [-0.25, -0.2) is 17.7 Å². The lowest BCUT2D eigenvalue weighted by atomic mass is 10.1. The van der Waals surface area contributed by atoms with Crippen molar-refractivity contribution < 1.29 is 17.9 Å². The topological polar surface area (TPSA) is 84.7 Å². The van der Waals surface area contributed by atoms with Crippen LogP contribution in [0.3, 0.4) is 0 Å². The van der Waals surface area contributed by atoms with E-state index in [0.29, 0.717) is 31.9 Å². The van der Waals surface area contributed by atoms with Crippen molar-refractivity contribution in [2.45, 2.75) is 37.9 Å². The van der Waals surface area contributed by atoms with E-state index in [-0.39, 0.29) is 18.1 Å². The highest BCUT2D eigenvalue weighted by atomic mass is 32.2. The number of nitrogens with zero attached hydrogens (tertiary/aromatic N) is 4. The molecule has 2 saturated heterocycles. The van der Waals surface area contributed by atoms with Crippen LogP contribution >= 0.6 is 0 Å². The first kappa shape index (κ1) is 18.3. The molecule has 2 fully saturated rings. The van der Waals surface area contributed by atoms with E-state index < -0.39 is 10.0 Å². The first-order chi connectivity index (χ1) is 11.8. The predicted octanol–water partition coefficient (Wildman–Crippen LogP) is 0.465. The molecule has 0 unspecified atom stereocenters. The largest absolute Gasteiger partial charge is 0.375 e. The van der Waals surface area contributed by atoms with Crippen molar-refractivity contribution >= 4 is 15.9 Å². The summed E-state index contributed by atoms with van der Waals surface area (Å²) in [6.45, 7) is 2.39. The molecule has 0 aromatic carbocycles. The fourth-order valence-electron chi connectivity index (χ4n) is 3.45.